The van der Waals surface area contributed by atoms with Crippen molar-refractivity contribution < 1.29 is 13.2 Å². The third kappa shape index (κ3) is 3.91. The Balaban J connectivity index is 1.69. The Morgan fingerprint density at radius 2 is 1.38 bits per heavy atom. The maximum atomic E-state index is 13.5. The van der Waals surface area contributed by atoms with Crippen molar-refractivity contribution in [2.45, 2.75) is 26.2 Å². The molecule has 146 valence electrons. The van der Waals surface area contributed by atoms with Gasteiger partial charge in [-0.15, -0.1) is 0 Å². The number of halogens is 3. The van der Waals surface area contributed by atoms with Gasteiger partial charge in [0.05, 0.1) is 0 Å². The van der Waals surface area contributed by atoms with Crippen LogP contribution in [0.25, 0.3) is 33.0 Å². The van der Waals surface area contributed by atoms with E-state index in [1.165, 1.54) is 29.2 Å². The van der Waals surface area contributed by atoms with E-state index in [1.807, 2.05) is 18.2 Å². The minimum absolute atomic E-state index is 0.312. The van der Waals surface area contributed by atoms with E-state index in [2.05, 4.69) is 37.3 Å². The Morgan fingerprint density at radius 1 is 0.690 bits per heavy atom. The number of fused-ring (bicyclic) bond motifs is 1. The fraction of sp³-hybridized carbons (Fsp3) is 0.154. The summed E-state index contributed by atoms with van der Waals surface area (Å²) in [5, 5.41) is 2.36. The van der Waals surface area contributed by atoms with Crippen LogP contribution in [0.5, 0.6) is 0 Å². The SMILES string of the molecule is CCCCc1ccc2c(-c3ccc(-c4cc(F)c(F)c(F)c4)cc3)cccc2c1. The Morgan fingerprint density at radius 3 is 2.07 bits per heavy atom. The van der Waals surface area contributed by atoms with Gasteiger partial charge >= 0.3 is 0 Å². The van der Waals surface area contributed by atoms with Crippen LogP contribution in [0, 0.1) is 17.5 Å². The van der Waals surface area contributed by atoms with Crippen LogP contribution in [0.2, 0.25) is 0 Å². The lowest BCUT2D eigenvalue weighted by molar-refractivity contribution is 0.448. The highest BCUT2D eigenvalue weighted by Gasteiger charge is 2.12. The zero-order valence-corrected chi connectivity index (χ0v) is 16.2. The lowest BCUT2D eigenvalue weighted by Crippen LogP contribution is -1.92. The van der Waals surface area contributed by atoms with Crippen molar-refractivity contribution in [2.24, 2.45) is 0 Å². The molecule has 0 aliphatic heterocycles. The third-order valence-corrected chi connectivity index (χ3v) is 5.28. The van der Waals surface area contributed by atoms with Crippen LogP contribution < -0.4 is 0 Å². The summed E-state index contributed by atoms with van der Waals surface area (Å²) >= 11 is 0. The quantitative estimate of drug-likeness (QED) is 0.303. The van der Waals surface area contributed by atoms with Crippen LogP contribution >= 0.6 is 0 Å². The Labute approximate surface area is 168 Å². The summed E-state index contributed by atoms with van der Waals surface area (Å²) in [4.78, 5) is 0. The smallest absolute Gasteiger partial charge is 0.194 e. The first-order chi connectivity index (χ1) is 14.1. The molecule has 29 heavy (non-hydrogen) atoms. The highest BCUT2D eigenvalue weighted by molar-refractivity contribution is 5.97. The molecule has 0 fully saturated rings. The largest absolute Gasteiger partial charge is 0.204 e. The standard InChI is InChI=1S/C26H21F3/c1-2-3-5-17-8-13-23-20(14-17)6-4-7-22(23)19-11-9-18(10-12-19)21-15-24(27)26(29)25(28)16-21/h4,6-16H,2-3,5H2,1H3. The van der Waals surface area contributed by atoms with Gasteiger partial charge in [-0.1, -0.05) is 74.0 Å². The van der Waals surface area contributed by atoms with Gasteiger partial charge in [0.2, 0.25) is 0 Å². The zero-order valence-electron chi connectivity index (χ0n) is 16.2. The Bertz CT molecular complexity index is 1140. The van der Waals surface area contributed by atoms with Gasteiger partial charge < -0.3 is 0 Å². The van der Waals surface area contributed by atoms with Crippen molar-refractivity contribution >= 4 is 10.8 Å². The van der Waals surface area contributed by atoms with Crippen molar-refractivity contribution in [3.8, 4) is 22.3 Å². The van der Waals surface area contributed by atoms with Gasteiger partial charge in [0, 0.05) is 0 Å². The van der Waals surface area contributed by atoms with E-state index in [0.717, 1.165) is 29.7 Å². The van der Waals surface area contributed by atoms with Crippen LogP contribution in [-0.4, -0.2) is 0 Å². The van der Waals surface area contributed by atoms with Gasteiger partial charge in [-0.25, -0.2) is 13.2 Å². The van der Waals surface area contributed by atoms with Gasteiger partial charge in [0.15, 0.2) is 17.5 Å². The number of benzene rings is 4. The summed E-state index contributed by atoms with van der Waals surface area (Å²) in [6.45, 7) is 2.19. The molecule has 0 saturated heterocycles. The second-order valence-corrected chi connectivity index (χ2v) is 7.30. The fourth-order valence-corrected chi connectivity index (χ4v) is 3.69. The van der Waals surface area contributed by atoms with Gasteiger partial charge in [-0.05, 0) is 63.6 Å². The van der Waals surface area contributed by atoms with Gasteiger partial charge in [-0.2, -0.15) is 0 Å². The van der Waals surface area contributed by atoms with E-state index >= 15 is 0 Å². The van der Waals surface area contributed by atoms with Crippen molar-refractivity contribution in [3.63, 3.8) is 0 Å². The maximum absolute atomic E-state index is 13.5. The molecule has 4 aromatic carbocycles. The molecule has 0 aliphatic carbocycles. The highest BCUT2D eigenvalue weighted by atomic mass is 19.2. The molecule has 0 radical (unpaired) electrons. The lowest BCUT2D eigenvalue weighted by atomic mass is 9.94. The molecule has 0 aliphatic rings. The zero-order chi connectivity index (χ0) is 20.4. The average molecular weight is 390 g/mol. The maximum Gasteiger partial charge on any atom is 0.194 e. The number of hydrogen-bond donors (Lipinski definition) is 0. The molecule has 0 N–H and O–H groups in total. The first kappa shape index (κ1) is 19.3. The van der Waals surface area contributed by atoms with Crippen molar-refractivity contribution in [1.82, 2.24) is 0 Å². The first-order valence-electron chi connectivity index (χ1n) is 9.84. The van der Waals surface area contributed by atoms with Crippen LogP contribution in [-0.2, 0) is 6.42 Å². The lowest BCUT2D eigenvalue weighted by Gasteiger charge is -2.10. The molecule has 0 unspecified atom stereocenters. The predicted molar refractivity (Wildman–Crippen MR) is 113 cm³/mol. The monoisotopic (exact) mass is 390 g/mol. The van der Waals surface area contributed by atoms with Crippen molar-refractivity contribution in [1.29, 1.82) is 0 Å². The molecular formula is C26H21F3. The first-order valence-corrected chi connectivity index (χ1v) is 9.84. The number of rotatable bonds is 5. The number of unbranched alkanes of at least 4 members (excludes halogenated alkanes) is 1. The Kier molecular flexibility index (Phi) is 5.39. The number of aryl methyl sites for hydroxylation is 1. The minimum atomic E-state index is -1.44. The minimum Gasteiger partial charge on any atom is -0.204 e. The van der Waals surface area contributed by atoms with Crippen LogP contribution in [0.3, 0.4) is 0 Å². The molecule has 0 aromatic heterocycles. The molecule has 0 heterocycles. The summed E-state index contributed by atoms with van der Waals surface area (Å²) in [6.07, 6.45) is 3.43. The molecule has 3 heteroatoms. The summed E-state index contributed by atoms with van der Waals surface area (Å²) in [5.74, 6) is -3.81. The van der Waals surface area contributed by atoms with E-state index in [9.17, 15) is 13.2 Å². The summed E-state index contributed by atoms with van der Waals surface area (Å²) in [7, 11) is 0. The van der Waals surface area contributed by atoms with E-state index in [4.69, 9.17) is 0 Å². The normalized spacial score (nSPS) is 11.2. The molecular weight excluding hydrogens is 369 g/mol. The highest BCUT2D eigenvalue weighted by Crippen LogP contribution is 2.32. The third-order valence-electron chi connectivity index (χ3n) is 5.28. The van der Waals surface area contributed by atoms with E-state index in [0.29, 0.717) is 11.1 Å². The molecule has 4 aromatic rings. The fourth-order valence-electron chi connectivity index (χ4n) is 3.69. The molecule has 0 amide bonds. The molecule has 4 rings (SSSR count). The Hall–Kier alpha value is -3.07. The van der Waals surface area contributed by atoms with Gasteiger partial charge in [0.1, 0.15) is 0 Å². The number of hydrogen-bond acceptors (Lipinski definition) is 0. The van der Waals surface area contributed by atoms with E-state index < -0.39 is 17.5 Å². The summed E-state index contributed by atoms with van der Waals surface area (Å²) in [6, 6.07) is 22.3. The van der Waals surface area contributed by atoms with Crippen molar-refractivity contribution in [2.75, 3.05) is 0 Å². The molecule has 0 bridgehead atoms. The molecule has 0 atom stereocenters. The summed E-state index contributed by atoms with van der Waals surface area (Å²) < 4.78 is 40.3. The molecule has 0 saturated carbocycles. The van der Waals surface area contributed by atoms with Crippen LogP contribution in [0.4, 0.5) is 13.2 Å². The predicted octanol–water partition coefficient (Wildman–Crippen LogP) is 7.93. The topological polar surface area (TPSA) is 0 Å². The van der Waals surface area contributed by atoms with E-state index in [-0.39, 0.29) is 0 Å². The van der Waals surface area contributed by atoms with Gasteiger partial charge in [-0.3, -0.25) is 0 Å². The summed E-state index contributed by atoms with van der Waals surface area (Å²) in [5.41, 5.74) is 4.41. The van der Waals surface area contributed by atoms with Crippen LogP contribution in [0.15, 0.2) is 72.8 Å². The molecule has 0 nitrogen and oxygen atoms in total. The van der Waals surface area contributed by atoms with Crippen LogP contribution in [0.1, 0.15) is 25.3 Å². The van der Waals surface area contributed by atoms with Crippen molar-refractivity contribution in [3.05, 3.63) is 95.8 Å². The van der Waals surface area contributed by atoms with E-state index in [1.54, 1.807) is 12.1 Å². The second kappa shape index (κ2) is 8.12. The second-order valence-electron chi connectivity index (χ2n) is 7.30. The van der Waals surface area contributed by atoms with Gasteiger partial charge in [0.25, 0.3) is 0 Å². The average Bonchev–Trinajstić information content (AvgIpc) is 2.75. The molecule has 0 spiro atoms.